The maximum atomic E-state index is 12.3. The third kappa shape index (κ3) is 4.94. The number of likely N-dealkylation sites (tertiary alicyclic amines) is 1. The molecular formula is C18H24N2O7. The molecule has 0 aromatic heterocycles. The summed E-state index contributed by atoms with van der Waals surface area (Å²) in [5, 5.41) is 30.0. The predicted octanol–water partition coefficient (Wildman–Crippen LogP) is 2.55. The van der Waals surface area contributed by atoms with Crippen LogP contribution in [0.15, 0.2) is 12.1 Å². The van der Waals surface area contributed by atoms with Gasteiger partial charge in [0.1, 0.15) is 11.2 Å². The van der Waals surface area contributed by atoms with Gasteiger partial charge in [-0.05, 0) is 44.9 Å². The van der Waals surface area contributed by atoms with Crippen LogP contribution in [-0.4, -0.2) is 50.7 Å². The fraction of sp³-hybridized carbons (Fsp3) is 0.556. The lowest BCUT2D eigenvalue weighted by Gasteiger charge is -2.25. The van der Waals surface area contributed by atoms with E-state index in [1.807, 2.05) is 25.7 Å². The number of nitrogens with zero attached hydrogens (tertiary/aromatic N) is 2. The monoisotopic (exact) mass is 380 g/mol. The number of aromatic hydroxyl groups is 1. The molecule has 0 saturated carbocycles. The summed E-state index contributed by atoms with van der Waals surface area (Å²) in [5.41, 5.74) is -1.30. The van der Waals surface area contributed by atoms with Crippen molar-refractivity contribution in [3.8, 4) is 5.75 Å². The van der Waals surface area contributed by atoms with Gasteiger partial charge in [-0.2, -0.15) is 0 Å². The number of hydrogen-bond donors (Lipinski definition) is 2. The number of carboxylic acids is 1. The molecule has 1 unspecified atom stereocenters. The Hall–Kier alpha value is -2.68. The first kappa shape index (κ1) is 20.6. The zero-order valence-electron chi connectivity index (χ0n) is 15.6. The Kier molecular flexibility index (Phi) is 6.04. The molecule has 1 saturated heterocycles. The molecule has 1 fully saturated rings. The van der Waals surface area contributed by atoms with Crippen molar-refractivity contribution in [2.75, 3.05) is 13.1 Å². The molecule has 9 nitrogen and oxygen atoms in total. The molecule has 0 bridgehead atoms. The Morgan fingerprint density at radius 2 is 2.07 bits per heavy atom. The van der Waals surface area contributed by atoms with Crippen LogP contribution in [0.2, 0.25) is 0 Å². The molecule has 1 aromatic rings. The second-order valence-electron chi connectivity index (χ2n) is 7.33. The van der Waals surface area contributed by atoms with Crippen molar-refractivity contribution in [3.05, 3.63) is 33.4 Å². The number of hydrogen-bond acceptors (Lipinski definition) is 7. The molecule has 2 rings (SSSR count). The number of aromatic carboxylic acids is 1. The number of nitro groups is 1. The number of nitro benzene ring substituents is 1. The van der Waals surface area contributed by atoms with Crippen molar-refractivity contribution in [1.82, 2.24) is 4.90 Å². The third-order valence-corrected chi connectivity index (χ3v) is 4.82. The molecule has 1 aliphatic rings. The summed E-state index contributed by atoms with van der Waals surface area (Å²) in [7, 11) is 0. The molecule has 2 N–H and O–H groups in total. The average molecular weight is 380 g/mol. The lowest BCUT2D eigenvalue weighted by Crippen LogP contribution is -2.32. The summed E-state index contributed by atoms with van der Waals surface area (Å²) in [6.07, 6.45) is 1.30. The second kappa shape index (κ2) is 7.91. The van der Waals surface area contributed by atoms with Gasteiger partial charge in [0.05, 0.1) is 10.8 Å². The van der Waals surface area contributed by atoms with E-state index in [9.17, 15) is 24.8 Å². The highest BCUT2D eigenvalue weighted by Crippen LogP contribution is 2.32. The van der Waals surface area contributed by atoms with Gasteiger partial charge < -0.3 is 14.9 Å². The Labute approximate surface area is 156 Å². The van der Waals surface area contributed by atoms with Crippen LogP contribution in [-0.2, 0) is 16.1 Å². The minimum absolute atomic E-state index is 0.238. The van der Waals surface area contributed by atoms with Crippen molar-refractivity contribution >= 4 is 17.6 Å². The van der Waals surface area contributed by atoms with E-state index in [1.54, 1.807) is 0 Å². The number of carbonyl (C=O) groups excluding carboxylic acids is 1. The van der Waals surface area contributed by atoms with Crippen molar-refractivity contribution < 1.29 is 29.5 Å². The third-order valence-electron chi connectivity index (χ3n) is 4.82. The van der Waals surface area contributed by atoms with Gasteiger partial charge in [-0.25, -0.2) is 4.79 Å². The van der Waals surface area contributed by atoms with Crippen LogP contribution >= 0.6 is 0 Å². The van der Waals surface area contributed by atoms with Crippen LogP contribution < -0.4 is 0 Å². The summed E-state index contributed by atoms with van der Waals surface area (Å²) >= 11 is 0. The summed E-state index contributed by atoms with van der Waals surface area (Å²) in [4.78, 5) is 35.7. The predicted molar refractivity (Wildman–Crippen MR) is 95.6 cm³/mol. The number of benzene rings is 1. The first-order valence-corrected chi connectivity index (χ1v) is 8.73. The molecule has 148 valence electrons. The number of phenols is 1. The van der Waals surface area contributed by atoms with E-state index in [4.69, 9.17) is 9.84 Å². The SMILES string of the molecule is CCC(C)(C)OC(=O)C1CCN(Cc2cc(C(=O)O)c(O)c([N+](=O)[O-])c2)C1. The summed E-state index contributed by atoms with van der Waals surface area (Å²) in [6.45, 7) is 6.88. The topological polar surface area (TPSA) is 130 Å². The minimum Gasteiger partial charge on any atom is -0.501 e. The van der Waals surface area contributed by atoms with Crippen LogP contribution in [0.25, 0.3) is 0 Å². The van der Waals surface area contributed by atoms with E-state index in [-0.39, 0.29) is 18.4 Å². The van der Waals surface area contributed by atoms with Gasteiger partial charge in [-0.3, -0.25) is 19.8 Å². The first-order chi connectivity index (χ1) is 12.5. The van der Waals surface area contributed by atoms with Gasteiger partial charge >= 0.3 is 17.6 Å². The minimum atomic E-state index is -1.44. The van der Waals surface area contributed by atoms with Gasteiger partial charge in [-0.15, -0.1) is 0 Å². The van der Waals surface area contributed by atoms with Crippen molar-refractivity contribution in [1.29, 1.82) is 0 Å². The van der Waals surface area contributed by atoms with Crippen LogP contribution in [0.4, 0.5) is 5.69 Å². The molecule has 0 amide bonds. The molecule has 9 heteroatoms. The van der Waals surface area contributed by atoms with Crippen molar-refractivity contribution in [3.63, 3.8) is 0 Å². The van der Waals surface area contributed by atoms with Crippen LogP contribution in [0.1, 0.15) is 49.5 Å². The lowest BCUT2D eigenvalue weighted by atomic mass is 10.1. The van der Waals surface area contributed by atoms with Crippen LogP contribution in [0.3, 0.4) is 0 Å². The highest BCUT2D eigenvalue weighted by Gasteiger charge is 2.33. The standard InChI is InChI=1S/C18H24N2O7/c1-4-18(2,3)27-17(24)12-5-6-19(10-12)9-11-7-13(16(22)23)15(21)14(8-11)20(25)26/h7-8,12,21H,4-6,9-10H2,1-3H3,(H,22,23). The largest absolute Gasteiger partial charge is 0.501 e. The van der Waals surface area contributed by atoms with Crippen molar-refractivity contribution in [2.45, 2.75) is 45.8 Å². The molecule has 1 aromatic carbocycles. The Morgan fingerprint density at radius 1 is 1.41 bits per heavy atom. The average Bonchev–Trinajstić information content (AvgIpc) is 3.04. The number of rotatable bonds is 7. The Morgan fingerprint density at radius 3 is 2.63 bits per heavy atom. The van der Waals surface area contributed by atoms with Gasteiger partial charge in [0.25, 0.3) is 0 Å². The number of esters is 1. The maximum Gasteiger partial charge on any atom is 0.339 e. The van der Waals surface area contributed by atoms with Gasteiger partial charge in [0.2, 0.25) is 5.75 Å². The maximum absolute atomic E-state index is 12.3. The summed E-state index contributed by atoms with van der Waals surface area (Å²) in [5.74, 6) is -2.86. The van der Waals surface area contributed by atoms with Crippen LogP contribution in [0, 0.1) is 16.0 Å². The highest BCUT2D eigenvalue weighted by atomic mass is 16.6. The van der Waals surface area contributed by atoms with Crippen LogP contribution in [0.5, 0.6) is 5.75 Å². The van der Waals surface area contributed by atoms with E-state index in [1.165, 1.54) is 6.07 Å². The Bertz CT molecular complexity index is 725. The number of carboxylic acid groups (broad SMARTS) is 1. The van der Waals surface area contributed by atoms with E-state index < -0.39 is 33.5 Å². The zero-order chi connectivity index (χ0) is 20.4. The van der Waals surface area contributed by atoms with Crippen molar-refractivity contribution in [2.24, 2.45) is 5.92 Å². The van der Waals surface area contributed by atoms with E-state index >= 15 is 0 Å². The molecule has 1 heterocycles. The van der Waals surface area contributed by atoms with Gasteiger partial charge in [-0.1, -0.05) is 6.92 Å². The fourth-order valence-electron chi connectivity index (χ4n) is 2.93. The van der Waals surface area contributed by atoms with Gasteiger partial charge in [0.15, 0.2) is 0 Å². The highest BCUT2D eigenvalue weighted by molar-refractivity contribution is 5.92. The normalized spacial score (nSPS) is 17.7. The molecule has 1 atom stereocenters. The molecule has 0 aliphatic carbocycles. The lowest BCUT2D eigenvalue weighted by molar-refractivity contribution is -0.386. The van der Waals surface area contributed by atoms with Gasteiger partial charge in [0, 0.05) is 19.2 Å². The molecule has 0 spiro atoms. The summed E-state index contributed by atoms with van der Waals surface area (Å²) in [6, 6.07) is 2.38. The van der Waals surface area contributed by atoms with E-state index in [0.29, 0.717) is 31.5 Å². The first-order valence-electron chi connectivity index (χ1n) is 8.73. The van der Waals surface area contributed by atoms with E-state index in [2.05, 4.69) is 0 Å². The fourth-order valence-corrected chi connectivity index (χ4v) is 2.93. The smallest absolute Gasteiger partial charge is 0.339 e. The molecule has 1 aliphatic heterocycles. The molecule has 27 heavy (non-hydrogen) atoms. The Balaban J connectivity index is 2.11. The second-order valence-corrected chi connectivity index (χ2v) is 7.33. The zero-order valence-corrected chi connectivity index (χ0v) is 15.6. The van der Waals surface area contributed by atoms with E-state index in [0.717, 1.165) is 6.07 Å². The molecular weight excluding hydrogens is 356 g/mol. The number of carbonyl (C=O) groups is 2. The quantitative estimate of drug-likeness (QED) is 0.419. The molecule has 0 radical (unpaired) electrons. The number of ether oxygens (including phenoxy) is 1. The summed E-state index contributed by atoms with van der Waals surface area (Å²) < 4.78 is 5.52.